The molecule has 0 saturated heterocycles. The molecule has 33 heavy (non-hydrogen) atoms. The van der Waals surface area contributed by atoms with Crippen molar-refractivity contribution >= 4 is 34.8 Å². The third-order valence-corrected chi connectivity index (χ3v) is 5.23. The van der Waals surface area contributed by atoms with Crippen LogP contribution >= 0.6 is 0 Å². The summed E-state index contributed by atoms with van der Waals surface area (Å²) in [6.07, 6.45) is 7.83. The van der Waals surface area contributed by atoms with Crippen LogP contribution in [0.4, 0.5) is 17.5 Å². The number of carbonyl (C=O) groups excluding carboxylic acids is 1. The monoisotopic (exact) mass is 453 g/mol. The Hall–Kier alpha value is -3.39. The van der Waals surface area contributed by atoms with Crippen molar-refractivity contribution in [3.05, 3.63) is 48.5 Å². The number of carbonyl (C=O) groups is 1. The first-order valence-corrected chi connectivity index (χ1v) is 11.4. The van der Waals surface area contributed by atoms with Crippen molar-refractivity contribution in [2.75, 3.05) is 30.9 Å². The molecule has 0 unspecified atom stereocenters. The van der Waals surface area contributed by atoms with Crippen LogP contribution in [-0.4, -0.2) is 42.3 Å². The number of para-hydroxylation sites is 1. The zero-order valence-electron chi connectivity index (χ0n) is 19.8. The van der Waals surface area contributed by atoms with Crippen molar-refractivity contribution in [1.82, 2.24) is 15.4 Å². The number of amides is 1. The quantitative estimate of drug-likeness (QED) is 0.148. The molecule has 1 aromatic heterocycles. The minimum Gasteiger partial charge on any atom is -0.497 e. The molecular formula is C25H35N5O3. The lowest BCUT2D eigenvalue weighted by Gasteiger charge is -2.21. The number of anilines is 3. The van der Waals surface area contributed by atoms with E-state index in [1.54, 1.807) is 7.11 Å². The fourth-order valence-electron chi connectivity index (χ4n) is 3.43. The molecular weight excluding hydrogens is 418 g/mol. The number of methoxy groups -OCH3 is 1. The molecule has 178 valence electrons. The molecule has 3 aromatic rings. The maximum absolute atomic E-state index is 8.81. The number of hydroxylamine groups is 1. The van der Waals surface area contributed by atoms with Gasteiger partial charge in [0.25, 0.3) is 0 Å². The fraction of sp³-hybridized carbons (Fsp3) is 0.400. The Kier molecular flexibility index (Phi) is 11.5. The number of unbranched alkanes of at least 4 members (excludes halogenated alkanes) is 5. The van der Waals surface area contributed by atoms with Gasteiger partial charge < -0.3 is 15.0 Å². The number of nitrogens with zero attached hydrogens (tertiary/aromatic N) is 3. The fourth-order valence-corrected chi connectivity index (χ4v) is 3.43. The Morgan fingerprint density at radius 2 is 1.67 bits per heavy atom. The molecule has 0 atom stereocenters. The van der Waals surface area contributed by atoms with Crippen molar-refractivity contribution in [1.29, 1.82) is 0 Å². The molecule has 0 radical (unpaired) electrons. The van der Waals surface area contributed by atoms with Crippen LogP contribution in [0.1, 0.15) is 45.4 Å². The van der Waals surface area contributed by atoms with Crippen molar-refractivity contribution in [2.45, 2.75) is 45.4 Å². The smallest absolute Gasteiger partial charge is 0.230 e. The summed E-state index contributed by atoms with van der Waals surface area (Å²) in [5.41, 5.74) is 3.25. The average Bonchev–Trinajstić information content (AvgIpc) is 2.87. The molecule has 0 fully saturated rings. The van der Waals surface area contributed by atoms with Crippen LogP contribution < -0.4 is 20.4 Å². The molecule has 0 aliphatic carbocycles. The highest BCUT2D eigenvalue weighted by molar-refractivity contribution is 5.92. The van der Waals surface area contributed by atoms with Gasteiger partial charge >= 0.3 is 0 Å². The van der Waals surface area contributed by atoms with Gasteiger partial charge in [-0.15, -0.1) is 0 Å². The lowest BCUT2D eigenvalue weighted by atomic mass is 10.1. The summed E-state index contributed by atoms with van der Waals surface area (Å²) in [7, 11) is 3.71. The molecule has 1 heterocycles. The minimum atomic E-state index is 0.181. The van der Waals surface area contributed by atoms with Crippen LogP contribution in [0.3, 0.4) is 0 Å². The van der Waals surface area contributed by atoms with E-state index in [1.807, 2.05) is 49.5 Å². The summed E-state index contributed by atoms with van der Waals surface area (Å²) in [4.78, 5) is 20.5. The molecule has 2 aromatic carbocycles. The normalized spacial score (nSPS) is 10.2. The molecule has 8 heteroatoms. The van der Waals surface area contributed by atoms with E-state index in [2.05, 4.69) is 23.2 Å². The summed E-state index contributed by atoms with van der Waals surface area (Å²) in [5, 5.41) is 11.7. The van der Waals surface area contributed by atoms with Crippen LogP contribution in [0.2, 0.25) is 0 Å². The van der Waals surface area contributed by atoms with Gasteiger partial charge in [-0.05, 0) is 42.8 Å². The standard InChI is InChI=1S/C24H32N4O.CH3NO2/c1-4-5-6-7-8-11-18-25-24-26-22-13-10-9-12-21(22)23(27-24)28(2)19-14-16-20(29-3)17-15-19;3-1-2-4/h9-10,12-17H,4-8,11,18H2,1-3H3,(H,25,26,27);1,4H,(H,2,3). The van der Waals surface area contributed by atoms with Gasteiger partial charge in [-0.3, -0.25) is 10.0 Å². The molecule has 0 bridgehead atoms. The Labute approximate surface area is 196 Å². The van der Waals surface area contributed by atoms with Crippen LogP contribution in [0.25, 0.3) is 10.9 Å². The largest absolute Gasteiger partial charge is 0.497 e. The summed E-state index contributed by atoms with van der Waals surface area (Å²) in [5.74, 6) is 2.43. The number of rotatable bonds is 12. The zero-order chi connectivity index (χ0) is 23.9. The van der Waals surface area contributed by atoms with E-state index in [1.165, 1.54) is 37.6 Å². The highest BCUT2D eigenvalue weighted by atomic mass is 16.5. The molecule has 0 aliphatic heterocycles. The van der Waals surface area contributed by atoms with Crippen molar-refractivity contribution in [2.24, 2.45) is 0 Å². The van der Waals surface area contributed by atoms with Gasteiger partial charge in [-0.1, -0.05) is 51.2 Å². The number of aromatic nitrogens is 2. The molecule has 1 amide bonds. The van der Waals surface area contributed by atoms with Gasteiger partial charge in [-0.2, -0.15) is 4.98 Å². The Morgan fingerprint density at radius 3 is 2.33 bits per heavy atom. The second kappa shape index (κ2) is 14.6. The zero-order valence-corrected chi connectivity index (χ0v) is 19.8. The third-order valence-electron chi connectivity index (χ3n) is 5.23. The van der Waals surface area contributed by atoms with Crippen LogP contribution in [0, 0.1) is 0 Å². The lowest BCUT2D eigenvalue weighted by molar-refractivity contribution is -0.116. The van der Waals surface area contributed by atoms with Gasteiger partial charge in [0.15, 0.2) is 0 Å². The Balaban J connectivity index is 0.000000890. The maximum atomic E-state index is 8.81. The second-order valence-corrected chi connectivity index (χ2v) is 7.59. The number of nitrogens with one attached hydrogen (secondary N) is 2. The number of benzene rings is 2. The topological polar surface area (TPSA) is 99.6 Å². The molecule has 8 nitrogen and oxygen atoms in total. The van der Waals surface area contributed by atoms with E-state index in [0.717, 1.165) is 41.1 Å². The molecule has 3 rings (SSSR count). The highest BCUT2D eigenvalue weighted by Crippen LogP contribution is 2.30. The van der Waals surface area contributed by atoms with E-state index >= 15 is 0 Å². The molecule has 0 aliphatic rings. The number of hydrogen-bond acceptors (Lipinski definition) is 7. The van der Waals surface area contributed by atoms with E-state index in [9.17, 15) is 0 Å². The van der Waals surface area contributed by atoms with E-state index < -0.39 is 0 Å². The third kappa shape index (κ3) is 8.23. The molecule has 3 N–H and O–H groups in total. The second-order valence-electron chi connectivity index (χ2n) is 7.59. The van der Waals surface area contributed by atoms with Gasteiger partial charge in [0, 0.05) is 24.7 Å². The molecule has 0 spiro atoms. The first kappa shape index (κ1) is 25.9. The van der Waals surface area contributed by atoms with Gasteiger partial charge in [0.1, 0.15) is 11.6 Å². The molecule has 0 saturated carbocycles. The summed E-state index contributed by atoms with van der Waals surface area (Å²) < 4.78 is 5.28. The van der Waals surface area contributed by atoms with Crippen molar-refractivity contribution in [3.63, 3.8) is 0 Å². The minimum absolute atomic E-state index is 0.181. The first-order valence-electron chi connectivity index (χ1n) is 11.4. The highest BCUT2D eigenvalue weighted by Gasteiger charge is 2.13. The van der Waals surface area contributed by atoms with Gasteiger partial charge in [0.05, 0.1) is 12.6 Å². The predicted octanol–water partition coefficient (Wildman–Crippen LogP) is 5.30. The summed E-state index contributed by atoms with van der Waals surface area (Å²) in [6, 6.07) is 16.2. The number of hydrogen-bond donors (Lipinski definition) is 3. The van der Waals surface area contributed by atoms with Crippen molar-refractivity contribution in [3.8, 4) is 5.75 Å². The van der Waals surface area contributed by atoms with Crippen LogP contribution in [0.15, 0.2) is 48.5 Å². The predicted molar refractivity (Wildman–Crippen MR) is 133 cm³/mol. The lowest BCUT2D eigenvalue weighted by Crippen LogP contribution is -2.14. The van der Waals surface area contributed by atoms with E-state index in [0.29, 0.717) is 5.95 Å². The number of fused-ring (bicyclic) bond motifs is 1. The van der Waals surface area contributed by atoms with Crippen molar-refractivity contribution < 1.29 is 14.7 Å². The van der Waals surface area contributed by atoms with E-state index in [-0.39, 0.29) is 6.41 Å². The van der Waals surface area contributed by atoms with Crippen LogP contribution in [0.5, 0.6) is 5.75 Å². The van der Waals surface area contributed by atoms with Gasteiger partial charge in [-0.25, -0.2) is 10.5 Å². The average molecular weight is 454 g/mol. The summed E-state index contributed by atoms with van der Waals surface area (Å²) in [6.45, 7) is 3.15. The van der Waals surface area contributed by atoms with Gasteiger partial charge in [0.2, 0.25) is 12.4 Å². The SMILES string of the molecule is CCCCCCCCNc1nc(N(C)c2ccc(OC)cc2)c2ccccc2n1.O=CNO. The number of ether oxygens (including phenoxy) is 1. The maximum Gasteiger partial charge on any atom is 0.230 e. The first-order chi connectivity index (χ1) is 16.1. The van der Waals surface area contributed by atoms with Crippen LogP contribution in [-0.2, 0) is 4.79 Å². The summed E-state index contributed by atoms with van der Waals surface area (Å²) >= 11 is 0. The van der Waals surface area contributed by atoms with E-state index in [4.69, 9.17) is 24.7 Å². The Morgan fingerprint density at radius 1 is 1.00 bits per heavy atom. The Bertz CT molecular complexity index is 966.